The molecule has 0 aliphatic carbocycles. The number of aryl methyl sites for hydroxylation is 1. The summed E-state index contributed by atoms with van der Waals surface area (Å²) in [5, 5.41) is 12.2. The van der Waals surface area contributed by atoms with Gasteiger partial charge in [-0.1, -0.05) is 19.1 Å². The molecule has 0 saturated heterocycles. The maximum atomic E-state index is 8.85. The summed E-state index contributed by atoms with van der Waals surface area (Å²) in [7, 11) is 0. The maximum Gasteiger partial charge on any atom is 0.0991 e. The molecule has 0 amide bonds. The first kappa shape index (κ1) is 13.4. The highest BCUT2D eigenvalue weighted by Crippen LogP contribution is 2.05. The van der Waals surface area contributed by atoms with E-state index in [9.17, 15) is 0 Å². The number of nitriles is 1. The molecule has 19 heavy (non-hydrogen) atoms. The molecule has 0 atom stereocenters. The summed E-state index contributed by atoms with van der Waals surface area (Å²) < 4.78 is 2.22. The number of benzene rings is 1. The van der Waals surface area contributed by atoms with Gasteiger partial charge in [-0.15, -0.1) is 0 Å². The fraction of sp³-hybridized carbons (Fsp3) is 0.312. The van der Waals surface area contributed by atoms with Crippen molar-refractivity contribution < 1.29 is 0 Å². The molecule has 98 valence electrons. The van der Waals surface area contributed by atoms with Gasteiger partial charge in [-0.3, -0.25) is 0 Å². The summed E-state index contributed by atoms with van der Waals surface area (Å²) >= 11 is 0. The van der Waals surface area contributed by atoms with Crippen LogP contribution in [0.15, 0.2) is 42.7 Å². The van der Waals surface area contributed by atoms with Crippen LogP contribution in [-0.2, 0) is 19.6 Å². The highest BCUT2D eigenvalue weighted by molar-refractivity contribution is 5.32. The Kier molecular flexibility index (Phi) is 4.77. The van der Waals surface area contributed by atoms with Crippen molar-refractivity contribution >= 4 is 0 Å². The van der Waals surface area contributed by atoms with Crippen molar-refractivity contribution in [1.29, 1.82) is 5.26 Å². The van der Waals surface area contributed by atoms with Crippen LogP contribution in [0.5, 0.6) is 0 Å². The zero-order valence-corrected chi connectivity index (χ0v) is 11.3. The third kappa shape index (κ3) is 3.97. The highest BCUT2D eigenvalue weighted by Gasteiger charge is 1.98. The molecule has 3 nitrogen and oxygen atoms in total. The van der Waals surface area contributed by atoms with Gasteiger partial charge >= 0.3 is 0 Å². The van der Waals surface area contributed by atoms with E-state index < -0.39 is 0 Å². The van der Waals surface area contributed by atoms with Gasteiger partial charge in [0.1, 0.15) is 0 Å². The van der Waals surface area contributed by atoms with Gasteiger partial charge in [0.05, 0.1) is 11.6 Å². The van der Waals surface area contributed by atoms with Gasteiger partial charge in [0.25, 0.3) is 0 Å². The molecule has 0 unspecified atom stereocenters. The second-order valence-corrected chi connectivity index (χ2v) is 4.67. The standard InChI is InChI=1S/C16H19N3/c1-2-7-19-8-6-16(13-19)12-18-11-15-5-3-4-14(9-15)10-17/h3-6,8-9,13,18H,2,7,11-12H2,1H3. The van der Waals surface area contributed by atoms with Crippen molar-refractivity contribution in [2.75, 3.05) is 0 Å². The Morgan fingerprint density at radius 1 is 1.21 bits per heavy atom. The average Bonchev–Trinajstić information content (AvgIpc) is 2.87. The summed E-state index contributed by atoms with van der Waals surface area (Å²) in [5.74, 6) is 0. The zero-order chi connectivity index (χ0) is 13.5. The Balaban J connectivity index is 1.83. The number of rotatable bonds is 6. The van der Waals surface area contributed by atoms with Gasteiger partial charge in [0.15, 0.2) is 0 Å². The lowest BCUT2D eigenvalue weighted by Gasteiger charge is -2.04. The lowest BCUT2D eigenvalue weighted by atomic mass is 10.1. The third-order valence-electron chi connectivity index (χ3n) is 3.01. The molecule has 1 aromatic heterocycles. The van der Waals surface area contributed by atoms with Crippen molar-refractivity contribution in [3.05, 3.63) is 59.4 Å². The van der Waals surface area contributed by atoms with E-state index in [2.05, 4.69) is 41.3 Å². The number of aromatic nitrogens is 1. The van der Waals surface area contributed by atoms with Crippen molar-refractivity contribution in [2.24, 2.45) is 0 Å². The number of nitrogens with zero attached hydrogens (tertiary/aromatic N) is 2. The SMILES string of the molecule is CCCn1ccc(CNCc2cccc(C#N)c2)c1. The molecular weight excluding hydrogens is 234 g/mol. The van der Waals surface area contributed by atoms with Gasteiger partial charge in [0.2, 0.25) is 0 Å². The van der Waals surface area contributed by atoms with Crippen LogP contribution in [0.1, 0.15) is 30.0 Å². The molecule has 0 aliphatic rings. The lowest BCUT2D eigenvalue weighted by Crippen LogP contribution is -2.12. The van der Waals surface area contributed by atoms with E-state index in [0.29, 0.717) is 5.56 Å². The van der Waals surface area contributed by atoms with Gasteiger partial charge < -0.3 is 9.88 Å². The van der Waals surface area contributed by atoms with Crippen molar-refractivity contribution in [1.82, 2.24) is 9.88 Å². The molecule has 0 bridgehead atoms. The summed E-state index contributed by atoms with van der Waals surface area (Å²) in [5.41, 5.74) is 3.16. The maximum absolute atomic E-state index is 8.85. The predicted octanol–water partition coefficient (Wildman–Crippen LogP) is 3.06. The molecule has 0 spiro atoms. The van der Waals surface area contributed by atoms with Gasteiger partial charge in [0, 0.05) is 32.0 Å². The fourth-order valence-corrected chi connectivity index (χ4v) is 2.09. The molecule has 0 saturated carbocycles. The molecule has 2 rings (SSSR count). The minimum Gasteiger partial charge on any atom is -0.354 e. The molecule has 2 aromatic rings. The molecule has 3 heteroatoms. The Hall–Kier alpha value is -2.05. The van der Waals surface area contributed by atoms with E-state index in [0.717, 1.165) is 31.6 Å². The van der Waals surface area contributed by atoms with Crippen LogP contribution < -0.4 is 5.32 Å². The lowest BCUT2D eigenvalue weighted by molar-refractivity contribution is 0.668. The van der Waals surface area contributed by atoms with Crippen molar-refractivity contribution in [2.45, 2.75) is 33.0 Å². The van der Waals surface area contributed by atoms with E-state index in [1.807, 2.05) is 24.3 Å². The van der Waals surface area contributed by atoms with E-state index in [1.165, 1.54) is 5.56 Å². The van der Waals surface area contributed by atoms with Gasteiger partial charge in [-0.05, 0) is 35.7 Å². The fourth-order valence-electron chi connectivity index (χ4n) is 2.09. The summed E-state index contributed by atoms with van der Waals surface area (Å²) in [6.07, 6.45) is 5.46. The quantitative estimate of drug-likeness (QED) is 0.859. The minimum absolute atomic E-state index is 0.716. The average molecular weight is 253 g/mol. The van der Waals surface area contributed by atoms with E-state index in [4.69, 9.17) is 5.26 Å². The van der Waals surface area contributed by atoms with Gasteiger partial charge in [-0.25, -0.2) is 0 Å². The second kappa shape index (κ2) is 6.77. The topological polar surface area (TPSA) is 40.8 Å². The minimum atomic E-state index is 0.716. The molecule has 0 radical (unpaired) electrons. The zero-order valence-electron chi connectivity index (χ0n) is 11.3. The Morgan fingerprint density at radius 2 is 2.05 bits per heavy atom. The molecule has 0 aliphatic heterocycles. The van der Waals surface area contributed by atoms with Crippen molar-refractivity contribution in [3.8, 4) is 6.07 Å². The van der Waals surface area contributed by atoms with E-state index in [1.54, 1.807) is 0 Å². The molecule has 1 aromatic carbocycles. The van der Waals surface area contributed by atoms with Crippen LogP contribution in [0, 0.1) is 11.3 Å². The first-order valence-corrected chi connectivity index (χ1v) is 6.66. The largest absolute Gasteiger partial charge is 0.354 e. The number of nitrogens with one attached hydrogen (secondary N) is 1. The number of hydrogen-bond acceptors (Lipinski definition) is 2. The summed E-state index contributed by atoms with van der Waals surface area (Å²) in [6, 6.07) is 12.0. The Labute approximate surface area is 114 Å². The predicted molar refractivity (Wildman–Crippen MR) is 76.4 cm³/mol. The highest BCUT2D eigenvalue weighted by atomic mass is 14.9. The van der Waals surface area contributed by atoms with Crippen LogP contribution in [0.3, 0.4) is 0 Å². The first-order valence-electron chi connectivity index (χ1n) is 6.66. The van der Waals surface area contributed by atoms with Crippen LogP contribution >= 0.6 is 0 Å². The third-order valence-corrected chi connectivity index (χ3v) is 3.01. The van der Waals surface area contributed by atoms with Crippen LogP contribution in [0.4, 0.5) is 0 Å². The smallest absolute Gasteiger partial charge is 0.0991 e. The van der Waals surface area contributed by atoms with Crippen LogP contribution in [-0.4, -0.2) is 4.57 Å². The first-order chi connectivity index (χ1) is 9.31. The summed E-state index contributed by atoms with van der Waals surface area (Å²) in [4.78, 5) is 0. The molecule has 1 N–H and O–H groups in total. The van der Waals surface area contributed by atoms with Crippen molar-refractivity contribution in [3.63, 3.8) is 0 Å². The van der Waals surface area contributed by atoms with E-state index in [-0.39, 0.29) is 0 Å². The Bertz CT molecular complexity index is 563. The van der Waals surface area contributed by atoms with Crippen LogP contribution in [0.25, 0.3) is 0 Å². The van der Waals surface area contributed by atoms with Crippen LogP contribution in [0.2, 0.25) is 0 Å². The number of hydrogen-bond donors (Lipinski definition) is 1. The summed E-state index contributed by atoms with van der Waals surface area (Å²) in [6.45, 7) is 4.90. The van der Waals surface area contributed by atoms with E-state index >= 15 is 0 Å². The Morgan fingerprint density at radius 3 is 2.84 bits per heavy atom. The molecular formula is C16H19N3. The molecule has 1 heterocycles. The normalized spacial score (nSPS) is 10.3. The molecule has 0 fully saturated rings. The second-order valence-electron chi connectivity index (χ2n) is 4.67. The monoisotopic (exact) mass is 253 g/mol. The van der Waals surface area contributed by atoms with Gasteiger partial charge in [-0.2, -0.15) is 5.26 Å².